The summed E-state index contributed by atoms with van der Waals surface area (Å²) in [4.78, 5) is -0.178. The number of halogens is 1. The van der Waals surface area contributed by atoms with Gasteiger partial charge in [0.05, 0.1) is 4.95 Å². The maximum atomic E-state index is 10.9. The molecular weight excluding hydrogens is 182 g/mol. The summed E-state index contributed by atoms with van der Waals surface area (Å²) in [6.07, 6.45) is 5.44. The van der Waals surface area contributed by atoms with E-state index >= 15 is 0 Å². The van der Waals surface area contributed by atoms with Crippen LogP contribution < -0.4 is 0 Å². The lowest BCUT2D eigenvalue weighted by atomic mass is 10.3. The third-order valence-electron chi connectivity index (χ3n) is 1.18. The molecule has 0 bridgehead atoms. The number of hydroxylamine groups is 2. The largest absolute Gasteiger partial charge is 0.758 e. The summed E-state index contributed by atoms with van der Waals surface area (Å²) in [5.41, 5.74) is 0.736. The van der Waals surface area contributed by atoms with E-state index < -0.39 is 0 Å². The van der Waals surface area contributed by atoms with Gasteiger partial charge in [0.25, 0.3) is 0 Å². The summed E-state index contributed by atoms with van der Waals surface area (Å²) < 4.78 is 0. The first-order valence-electron chi connectivity index (χ1n) is 2.67. The number of hydrogen-bond donors (Lipinski definition) is 0. The van der Waals surface area contributed by atoms with Crippen LogP contribution in [-0.2, 0) is 0 Å². The Morgan fingerprint density at radius 1 is 1.78 bits per heavy atom. The van der Waals surface area contributed by atoms with Crippen molar-refractivity contribution in [3.8, 4) is 0 Å². The van der Waals surface area contributed by atoms with Gasteiger partial charge in [0, 0.05) is 5.70 Å². The SMILES string of the molecule is CC1=CC=CC(Br)N1[O-]. The van der Waals surface area contributed by atoms with Crippen molar-refractivity contribution < 1.29 is 0 Å². The van der Waals surface area contributed by atoms with Crippen LogP contribution in [0.4, 0.5) is 0 Å². The van der Waals surface area contributed by atoms with Gasteiger partial charge in [-0.1, -0.05) is 28.1 Å². The van der Waals surface area contributed by atoms with Crippen LogP contribution in [0.1, 0.15) is 6.92 Å². The van der Waals surface area contributed by atoms with E-state index in [1.165, 1.54) is 0 Å². The Morgan fingerprint density at radius 2 is 2.44 bits per heavy atom. The second kappa shape index (κ2) is 2.54. The number of allylic oxidation sites excluding steroid dienone is 3. The fourth-order valence-corrected chi connectivity index (χ4v) is 1.13. The van der Waals surface area contributed by atoms with Gasteiger partial charge in [0.15, 0.2) is 0 Å². The van der Waals surface area contributed by atoms with Crippen LogP contribution in [-0.4, -0.2) is 10.0 Å². The highest BCUT2D eigenvalue weighted by Gasteiger charge is 2.04. The molecule has 1 unspecified atom stereocenters. The second-order valence-electron chi connectivity index (χ2n) is 1.89. The lowest BCUT2D eigenvalue weighted by Gasteiger charge is -2.36. The summed E-state index contributed by atoms with van der Waals surface area (Å²) in [6.45, 7) is 1.78. The lowest BCUT2D eigenvalue weighted by molar-refractivity contribution is 0.490. The van der Waals surface area contributed by atoms with Crippen molar-refractivity contribution in [1.82, 2.24) is 5.06 Å². The minimum Gasteiger partial charge on any atom is -0.758 e. The first kappa shape index (κ1) is 6.83. The molecule has 0 saturated carbocycles. The van der Waals surface area contributed by atoms with Gasteiger partial charge in [0.1, 0.15) is 0 Å². The highest BCUT2D eigenvalue weighted by molar-refractivity contribution is 9.09. The number of rotatable bonds is 0. The summed E-state index contributed by atoms with van der Waals surface area (Å²) in [6, 6.07) is 0. The molecular formula is C6H7BrNO-. The van der Waals surface area contributed by atoms with E-state index in [1.54, 1.807) is 19.1 Å². The number of alkyl halides is 1. The molecule has 0 fully saturated rings. The summed E-state index contributed by atoms with van der Waals surface area (Å²) in [7, 11) is 0. The topological polar surface area (TPSA) is 26.3 Å². The van der Waals surface area contributed by atoms with Gasteiger partial charge in [-0.05, 0) is 13.0 Å². The van der Waals surface area contributed by atoms with E-state index in [9.17, 15) is 5.21 Å². The second-order valence-corrected chi connectivity index (χ2v) is 2.83. The quantitative estimate of drug-likeness (QED) is 0.430. The molecule has 1 aliphatic heterocycles. The Balaban J connectivity index is 2.73. The molecule has 3 heteroatoms. The van der Waals surface area contributed by atoms with Crippen molar-refractivity contribution in [3.63, 3.8) is 0 Å². The molecule has 50 valence electrons. The maximum Gasteiger partial charge on any atom is 0.0929 e. The van der Waals surface area contributed by atoms with Gasteiger partial charge in [0.2, 0.25) is 0 Å². The average Bonchev–Trinajstić information content (AvgIpc) is 1.83. The fourth-order valence-electron chi connectivity index (χ4n) is 0.633. The van der Waals surface area contributed by atoms with E-state index in [4.69, 9.17) is 0 Å². The van der Waals surface area contributed by atoms with E-state index in [2.05, 4.69) is 15.9 Å². The normalized spacial score (nSPS) is 26.3. The first-order chi connectivity index (χ1) is 4.22. The van der Waals surface area contributed by atoms with Gasteiger partial charge in [-0.15, -0.1) is 0 Å². The molecule has 1 heterocycles. The molecule has 1 rings (SSSR count). The molecule has 1 atom stereocenters. The predicted octanol–water partition coefficient (Wildman–Crippen LogP) is 1.98. The van der Waals surface area contributed by atoms with Gasteiger partial charge >= 0.3 is 0 Å². The highest BCUT2D eigenvalue weighted by Crippen LogP contribution is 2.17. The van der Waals surface area contributed by atoms with Crippen molar-refractivity contribution in [2.24, 2.45) is 0 Å². The Bertz CT molecular complexity index is 164. The number of hydrogen-bond acceptors (Lipinski definition) is 2. The Labute approximate surface area is 62.6 Å². The van der Waals surface area contributed by atoms with Crippen molar-refractivity contribution in [1.29, 1.82) is 0 Å². The molecule has 2 nitrogen and oxygen atoms in total. The monoisotopic (exact) mass is 188 g/mol. The van der Waals surface area contributed by atoms with Crippen molar-refractivity contribution in [2.75, 3.05) is 0 Å². The zero-order valence-corrected chi connectivity index (χ0v) is 6.63. The van der Waals surface area contributed by atoms with Crippen molar-refractivity contribution in [2.45, 2.75) is 11.9 Å². The molecule has 0 N–H and O–H groups in total. The van der Waals surface area contributed by atoms with Crippen molar-refractivity contribution in [3.05, 3.63) is 29.1 Å². The third kappa shape index (κ3) is 1.34. The first-order valence-corrected chi connectivity index (χ1v) is 3.59. The molecule has 0 radical (unpaired) electrons. The van der Waals surface area contributed by atoms with E-state index in [-0.39, 0.29) is 4.95 Å². The minimum atomic E-state index is -0.178. The standard InChI is InChI=1S/C6H7BrNO/c1-5-3-2-4-6(7)8(5)9/h2-4,6H,1H3/q-1. The van der Waals surface area contributed by atoms with Crippen LogP contribution in [0.15, 0.2) is 23.9 Å². The summed E-state index contributed by atoms with van der Waals surface area (Å²) in [5, 5.41) is 11.8. The Hall–Kier alpha value is -0.280. The third-order valence-corrected chi connectivity index (χ3v) is 1.86. The van der Waals surface area contributed by atoms with E-state index in [0.29, 0.717) is 0 Å². The average molecular weight is 189 g/mol. The van der Waals surface area contributed by atoms with Crippen LogP contribution in [0, 0.1) is 5.21 Å². The van der Waals surface area contributed by atoms with E-state index in [1.807, 2.05) is 6.08 Å². The predicted molar refractivity (Wildman–Crippen MR) is 40.8 cm³/mol. The Morgan fingerprint density at radius 3 is 2.89 bits per heavy atom. The van der Waals surface area contributed by atoms with E-state index in [0.717, 1.165) is 10.8 Å². The molecule has 0 aromatic heterocycles. The molecule has 0 amide bonds. The molecule has 9 heavy (non-hydrogen) atoms. The smallest absolute Gasteiger partial charge is 0.0929 e. The lowest BCUT2D eigenvalue weighted by Crippen LogP contribution is -2.22. The molecule has 0 aromatic carbocycles. The van der Waals surface area contributed by atoms with Crippen LogP contribution in [0.2, 0.25) is 0 Å². The van der Waals surface area contributed by atoms with Gasteiger partial charge < -0.3 is 10.3 Å². The molecule has 0 saturated heterocycles. The highest BCUT2D eigenvalue weighted by atomic mass is 79.9. The van der Waals surface area contributed by atoms with Crippen LogP contribution in [0.5, 0.6) is 0 Å². The maximum absolute atomic E-state index is 10.9. The van der Waals surface area contributed by atoms with Gasteiger partial charge in [-0.2, -0.15) is 0 Å². The summed E-state index contributed by atoms with van der Waals surface area (Å²) >= 11 is 3.18. The molecule has 0 aromatic rings. The molecule has 0 aliphatic carbocycles. The zero-order valence-electron chi connectivity index (χ0n) is 5.04. The van der Waals surface area contributed by atoms with Gasteiger partial charge in [-0.25, -0.2) is 0 Å². The number of nitrogens with zero attached hydrogens (tertiary/aromatic N) is 1. The Kier molecular flexibility index (Phi) is 1.93. The zero-order chi connectivity index (χ0) is 6.85. The molecule has 0 spiro atoms. The van der Waals surface area contributed by atoms with Gasteiger partial charge in [-0.3, -0.25) is 0 Å². The summed E-state index contributed by atoms with van der Waals surface area (Å²) in [5.74, 6) is 0. The minimum absolute atomic E-state index is 0.178. The molecule has 1 aliphatic rings. The van der Waals surface area contributed by atoms with Crippen LogP contribution in [0.3, 0.4) is 0 Å². The van der Waals surface area contributed by atoms with Crippen LogP contribution in [0.25, 0.3) is 0 Å². The van der Waals surface area contributed by atoms with Crippen molar-refractivity contribution >= 4 is 15.9 Å². The fraction of sp³-hybridized carbons (Fsp3) is 0.333. The van der Waals surface area contributed by atoms with Crippen LogP contribution >= 0.6 is 15.9 Å².